The van der Waals surface area contributed by atoms with Gasteiger partial charge in [0.2, 0.25) is 0 Å². The van der Waals surface area contributed by atoms with Crippen molar-refractivity contribution < 1.29 is 9.90 Å². The van der Waals surface area contributed by atoms with E-state index in [-0.39, 0.29) is 0 Å². The molecule has 0 saturated carbocycles. The Kier molecular flexibility index (Phi) is 5.18. The van der Waals surface area contributed by atoms with Gasteiger partial charge in [0.25, 0.3) is 0 Å². The Bertz CT molecular complexity index is 424. The molecule has 0 bridgehead atoms. The number of nitrogens with zero attached hydrogens (tertiary/aromatic N) is 1. The minimum absolute atomic E-state index is 0.604. The van der Waals surface area contributed by atoms with Gasteiger partial charge in [0.05, 0.1) is 0 Å². The van der Waals surface area contributed by atoms with Crippen LogP contribution < -0.4 is 0 Å². The number of rotatable bonds is 4. The Morgan fingerprint density at radius 3 is 2.20 bits per heavy atom. The molecule has 1 saturated heterocycles. The van der Waals surface area contributed by atoms with Crippen molar-refractivity contribution in [3.63, 3.8) is 0 Å². The van der Waals surface area contributed by atoms with E-state index < -0.39 is 11.4 Å². The molecule has 1 N–H and O–H groups in total. The minimum atomic E-state index is -0.819. The second kappa shape index (κ2) is 6.89. The maximum atomic E-state index is 11.8. The monoisotopic (exact) mass is 275 g/mol. The van der Waals surface area contributed by atoms with Crippen LogP contribution in [0.5, 0.6) is 0 Å². The highest BCUT2D eigenvalue weighted by Crippen LogP contribution is 2.26. The average molecular weight is 275 g/mol. The third-order valence-corrected chi connectivity index (χ3v) is 4.37. The molecule has 0 amide bonds. The molecular formula is C17H25NO2. The SMILES string of the molecule is CC(CN1CCCCCCC1)(C(=O)O)c1ccccc1. The summed E-state index contributed by atoms with van der Waals surface area (Å²) in [7, 11) is 0. The predicted molar refractivity (Wildman–Crippen MR) is 81.0 cm³/mol. The fourth-order valence-electron chi connectivity index (χ4n) is 3.01. The van der Waals surface area contributed by atoms with Gasteiger partial charge in [0.15, 0.2) is 0 Å². The zero-order valence-corrected chi connectivity index (χ0v) is 12.3. The van der Waals surface area contributed by atoms with Crippen LogP contribution in [0.1, 0.15) is 44.6 Å². The van der Waals surface area contributed by atoms with E-state index in [4.69, 9.17) is 0 Å². The molecule has 1 aromatic carbocycles. The molecule has 1 heterocycles. The van der Waals surface area contributed by atoms with Crippen LogP contribution in [-0.2, 0) is 10.2 Å². The normalized spacial score (nSPS) is 20.6. The Labute approximate surface area is 121 Å². The quantitative estimate of drug-likeness (QED) is 0.916. The topological polar surface area (TPSA) is 40.5 Å². The van der Waals surface area contributed by atoms with Gasteiger partial charge in [-0.3, -0.25) is 4.79 Å². The lowest BCUT2D eigenvalue weighted by molar-refractivity contribution is -0.144. The van der Waals surface area contributed by atoms with Crippen molar-refractivity contribution >= 4 is 5.97 Å². The summed E-state index contributed by atoms with van der Waals surface area (Å²) in [5, 5.41) is 9.72. The van der Waals surface area contributed by atoms with Crippen LogP contribution in [0.4, 0.5) is 0 Å². The van der Waals surface area contributed by atoms with Crippen LogP contribution in [0.25, 0.3) is 0 Å². The molecule has 0 radical (unpaired) electrons. The van der Waals surface area contributed by atoms with Crippen molar-refractivity contribution in [2.24, 2.45) is 0 Å². The number of carboxylic acid groups (broad SMARTS) is 1. The number of aliphatic carboxylic acids is 1. The van der Waals surface area contributed by atoms with Crippen molar-refractivity contribution in [2.75, 3.05) is 19.6 Å². The maximum absolute atomic E-state index is 11.8. The number of likely N-dealkylation sites (tertiary alicyclic amines) is 1. The van der Waals surface area contributed by atoms with E-state index in [2.05, 4.69) is 4.90 Å². The zero-order valence-electron chi connectivity index (χ0n) is 12.3. The number of benzene rings is 1. The molecule has 1 fully saturated rings. The summed E-state index contributed by atoms with van der Waals surface area (Å²) in [5.41, 5.74) is 0.0787. The standard InChI is InChI=1S/C17H25NO2/c1-17(16(19)20,15-10-6-5-7-11-15)14-18-12-8-3-2-4-9-13-18/h5-7,10-11H,2-4,8-9,12-14H2,1H3,(H,19,20). The summed E-state index contributed by atoms with van der Waals surface area (Å²) >= 11 is 0. The van der Waals surface area contributed by atoms with Crippen LogP contribution in [0.2, 0.25) is 0 Å². The molecular weight excluding hydrogens is 250 g/mol. The smallest absolute Gasteiger partial charge is 0.315 e. The molecule has 20 heavy (non-hydrogen) atoms. The summed E-state index contributed by atoms with van der Waals surface area (Å²) in [6, 6.07) is 9.63. The van der Waals surface area contributed by atoms with Gasteiger partial charge in [0.1, 0.15) is 5.41 Å². The molecule has 1 aromatic rings. The summed E-state index contributed by atoms with van der Waals surface area (Å²) in [4.78, 5) is 14.2. The lowest BCUT2D eigenvalue weighted by atomic mass is 9.81. The molecule has 0 aromatic heterocycles. The molecule has 1 aliphatic heterocycles. The highest BCUT2D eigenvalue weighted by molar-refractivity contribution is 5.81. The lowest BCUT2D eigenvalue weighted by Crippen LogP contribution is -2.45. The summed E-state index contributed by atoms with van der Waals surface area (Å²) in [6.45, 7) is 4.50. The first-order valence-corrected chi connectivity index (χ1v) is 7.64. The van der Waals surface area contributed by atoms with Crippen molar-refractivity contribution in [2.45, 2.75) is 44.4 Å². The van der Waals surface area contributed by atoms with E-state index in [9.17, 15) is 9.90 Å². The van der Waals surface area contributed by atoms with Gasteiger partial charge in [-0.05, 0) is 38.4 Å². The zero-order chi connectivity index (χ0) is 14.4. The van der Waals surface area contributed by atoms with Gasteiger partial charge in [-0.25, -0.2) is 0 Å². The van der Waals surface area contributed by atoms with E-state index in [0.29, 0.717) is 6.54 Å². The lowest BCUT2D eigenvalue weighted by Gasteiger charge is -2.33. The molecule has 3 nitrogen and oxygen atoms in total. The van der Waals surface area contributed by atoms with Gasteiger partial charge >= 0.3 is 5.97 Å². The molecule has 1 aliphatic rings. The summed E-state index contributed by atoms with van der Waals surface area (Å²) < 4.78 is 0. The number of carbonyl (C=O) groups is 1. The Balaban J connectivity index is 2.14. The van der Waals surface area contributed by atoms with Crippen LogP contribution >= 0.6 is 0 Å². The maximum Gasteiger partial charge on any atom is 0.315 e. The van der Waals surface area contributed by atoms with Crippen LogP contribution in [-0.4, -0.2) is 35.6 Å². The van der Waals surface area contributed by atoms with Crippen LogP contribution in [0.15, 0.2) is 30.3 Å². The second-order valence-electron chi connectivity index (χ2n) is 6.05. The third kappa shape index (κ3) is 3.60. The minimum Gasteiger partial charge on any atom is -0.481 e. The van der Waals surface area contributed by atoms with E-state index in [1.807, 2.05) is 37.3 Å². The number of hydrogen-bond acceptors (Lipinski definition) is 2. The summed E-state index contributed by atoms with van der Waals surface area (Å²) in [6.07, 6.45) is 6.23. The fourth-order valence-corrected chi connectivity index (χ4v) is 3.01. The summed E-state index contributed by atoms with van der Waals surface area (Å²) in [5.74, 6) is -0.731. The van der Waals surface area contributed by atoms with E-state index in [1.54, 1.807) is 0 Å². The van der Waals surface area contributed by atoms with Crippen LogP contribution in [0.3, 0.4) is 0 Å². The molecule has 1 atom stereocenters. The van der Waals surface area contributed by atoms with Crippen molar-refractivity contribution in [3.8, 4) is 0 Å². The van der Waals surface area contributed by atoms with Gasteiger partial charge in [0, 0.05) is 6.54 Å². The molecule has 110 valence electrons. The highest BCUT2D eigenvalue weighted by Gasteiger charge is 2.36. The fraction of sp³-hybridized carbons (Fsp3) is 0.588. The first kappa shape index (κ1) is 15.0. The van der Waals surface area contributed by atoms with Gasteiger partial charge in [-0.1, -0.05) is 49.6 Å². The van der Waals surface area contributed by atoms with E-state index in [0.717, 1.165) is 18.7 Å². The number of carboxylic acids is 1. The van der Waals surface area contributed by atoms with Gasteiger partial charge in [-0.2, -0.15) is 0 Å². The van der Waals surface area contributed by atoms with Crippen LogP contribution in [0, 0.1) is 0 Å². The van der Waals surface area contributed by atoms with Gasteiger partial charge < -0.3 is 10.0 Å². The Morgan fingerprint density at radius 2 is 1.65 bits per heavy atom. The largest absolute Gasteiger partial charge is 0.481 e. The molecule has 3 heteroatoms. The van der Waals surface area contributed by atoms with Crippen molar-refractivity contribution in [3.05, 3.63) is 35.9 Å². The molecule has 2 rings (SSSR count). The number of hydrogen-bond donors (Lipinski definition) is 1. The first-order chi connectivity index (χ1) is 9.63. The second-order valence-corrected chi connectivity index (χ2v) is 6.05. The average Bonchev–Trinajstić information content (AvgIpc) is 2.42. The molecule has 0 aliphatic carbocycles. The highest BCUT2D eigenvalue weighted by atomic mass is 16.4. The molecule has 1 unspecified atom stereocenters. The van der Waals surface area contributed by atoms with Crippen molar-refractivity contribution in [1.82, 2.24) is 4.90 Å². The first-order valence-electron chi connectivity index (χ1n) is 7.64. The molecule has 0 spiro atoms. The third-order valence-electron chi connectivity index (χ3n) is 4.37. The Morgan fingerprint density at radius 1 is 1.10 bits per heavy atom. The van der Waals surface area contributed by atoms with E-state index >= 15 is 0 Å². The van der Waals surface area contributed by atoms with E-state index in [1.165, 1.54) is 32.1 Å². The Hall–Kier alpha value is -1.35. The van der Waals surface area contributed by atoms with Gasteiger partial charge in [-0.15, -0.1) is 0 Å². The predicted octanol–water partition coefficient (Wildman–Crippen LogP) is 3.30. The van der Waals surface area contributed by atoms with Crippen molar-refractivity contribution in [1.29, 1.82) is 0 Å².